The number of rotatable bonds is 8. The molecule has 0 aliphatic rings. The summed E-state index contributed by atoms with van der Waals surface area (Å²) >= 11 is 0. The topological polar surface area (TPSA) is 148 Å². The Balaban J connectivity index is 1.78. The highest BCUT2D eigenvalue weighted by molar-refractivity contribution is 7.87. The monoisotopic (exact) mass is 392 g/mol. The maximum atomic E-state index is 11.1. The highest BCUT2D eigenvalue weighted by Crippen LogP contribution is 2.29. The van der Waals surface area contributed by atoms with Crippen LogP contribution in [0.3, 0.4) is 0 Å². The van der Waals surface area contributed by atoms with E-state index in [2.05, 4.69) is 15.0 Å². The fourth-order valence-electron chi connectivity index (χ4n) is 2.92. The van der Waals surface area contributed by atoms with E-state index < -0.39 is 22.3 Å². The Labute approximate surface area is 155 Å². The fourth-order valence-corrected chi connectivity index (χ4v) is 3.35. The molecule has 27 heavy (non-hydrogen) atoms. The van der Waals surface area contributed by atoms with Gasteiger partial charge < -0.3 is 14.8 Å². The number of hydrogen-bond acceptors (Lipinski definition) is 5. The summed E-state index contributed by atoms with van der Waals surface area (Å²) in [6, 6.07) is 10.8. The highest BCUT2D eigenvalue weighted by Gasteiger charge is 2.21. The molecule has 0 bridgehead atoms. The first-order chi connectivity index (χ1) is 12.8. The second-order valence-corrected chi connectivity index (χ2v) is 7.50. The molecule has 2 aromatic carbocycles. The zero-order chi connectivity index (χ0) is 19.4. The molecule has 1 unspecified atom stereocenters. The quantitative estimate of drug-likeness (QED) is 0.432. The number of nitrogens with one attached hydrogen (secondary N) is 2. The third kappa shape index (κ3) is 4.94. The second-order valence-electron chi connectivity index (χ2n) is 6.12. The van der Waals surface area contributed by atoms with Crippen molar-refractivity contribution in [1.82, 2.24) is 15.0 Å². The van der Waals surface area contributed by atoms with Crippen molar-refractivity contribution in [3.05, 3.63) is 42.3 Å². The van der Waals surface area contributed by atoms with Gasteiger partial charge in [0.2, 0.25) is 5.89 Å². The molecule has 0 aliphatic carbocycles. The first-order valence-corrected chi connectivity index (χ1v) is 9.93. The first kappa shape index (κ1) is 19.1. The van der Waals surface area contributed by atoms with Crippen molar-refractivity contribution in [3.63, 3.8) is 0 Å². The van der Waals surface area contributed by atoms with Gasteiger partial charge >= 0.3 is 6.09 Å². The van der Waals surface area contributed by atoms with Crippen LogP contribution in [0.5, 0.6) is 0 Å². The second kappa shape index (κ2) is 7.91. The van der Waals surface area contributed by atoms with Gasteiger partial charge in [0, 0.05) is 11.9 Å². The van der Waals surface area contributed by atoms with Crippen LogP contribution in [0.4, 0.5) is 4.79 Å². The van der Waals surface area contributed by atoms with Crippen molar-refractivity contribution in [3.8, 4) is 0 Å². The lowest BCUT2D eigenvalue weighted by molar-refractivity contribution is 0.186. The predicted molar refractivity (Wildman–Crippen MR) is 100 cm³/mol. The summed E-state index contributed by atoms with van der Waals surface area (Å²) in [5.74, 6) is 0.281. The van der Waals surface area contributed by atoms with Crippen molar-refractivity contribution >= 4 is 38.2 Å². The molecule has 0 aliphatic heterocycles. The van der Waals surface area contributed by atoms with Gasteiger partial charge in [-0.15, -0.1) is 0 Å². The third-order valence-corrected chi connectivity index (χ3v) is 4.73. The van der Waals surface area contributed by atoms with Crippen LogP contribution in [-0.2, 0) is 10.2 Å². The van der Waals surface area contributed by atoms with Crippen LogP contribution in [0.25, 0.3) is 21.9 Å². The summed E-state index contributed by atoms with van der Waals surface area (Å²) < 4.78 is 29.7. The summed E-state index contributed by atoms with van der Waals surface area (Å²) in [5, 5.41) is 18.3. The number of nitrogens with zero attached hydrogens (tertiary/aromatic N) is 1. The number of nitrogens with two attached hydrogens (primary N) is 1. The lowest BCUT2D eigenvalue weighted by atomic mass is 10.1. The summed E-state index contributed by atoms with van der Waals surface area (Å²) in [7, 11) is -3.72. The molecule has 0 spiro atoms. The van der Waals surface area contributed by atoms with Gasteiger partial charge in [0.1, 0.15) is 11.6 Å². The van der Waals surface area contributed by atoms with E-state index in [-0.39, 0.29) is 12.4 Å². The van der Waals surface area contributed by atoms with Crippen molar-refractivity contribution < 1.29 is 22.7 Å². The number of amides is 1. The fraction of sp³-hybridized carbons (Fsp3) is 0.294. The van der Waals surface area contributed by atoms with E-state index in [0.717, 1.165) is 10.8 Å². The van der Waals surface area contributed by atoms with Crippen LogP contribution in [0, 0.1) is 0 Å². The molecule has 1 aromatic heterocycles. The number of aromatic nitrogens is 1. The zero-order valence-electron chi connectivity index (χ0n) is 14.4. The molecular weight excluding hydrogens is 372 g/mol. The van der Waals surface area contributed by atoms with Gasteiger partial charge in [-0.3, -0.25) is 0 Å². The molecule has 10 heteroatoms. The molecular formula is C17H20N4O5S. The molecule has 0 saturated heterocycles. The maximum absolute atomic E-state index is 11.1. The minimum atomic E-state index is -3.72. The molecule has 5 N–H and O–H groups in total. The smallest absolute Gasteiger partial charge is 0.405 e. The van der Waals surface area contributed by atoms with Crippen molar-refractivity contribution in [2.24, 2.45) is 5.14 Å². The number of unbranched alkanes of at least 4 members (excludes halogenated alkanes) is 1. The van der Waals surface area contributed by atoms with Crippen molar-refractivity contribution in [1.29, 1.82) is 0 Å². The average Bonchev–Trinajstić information content (AvgIpc) is 3.04. The number of carboxylic acid groups (broad SMARTS) is 1. The standard InChI is InChI=1S/C17H20N4O5S/c18-27(24,25)19-10-4-3-7-13(20-17(22)23)16-21-15-12-6-2-1-5-11(12)8-9-14(15)26-16/h1-2,5-6,8-9,13,19-20H,3-4,7,10H2,(H,22,23)(H2,18,24,25). The summed E-state index contributed by atoms with van der Waals surface area (Å²) in [6.07, 6.45) is 0.267. The van der Waals surface area contributed by atoms with Crippen LogP contribution in [0.15, 0.2) is 40.8 Å². The Hall–Kier alpha value is -2.69. The van der Waals surface area contributed by atoms with E-state index in [1.165, 1.54) is 0 Å². The molecule has 3 rings (SSSR count). The Morgan fingerprint density at radius 3 is 2.74 bits per heavy atom. The molecule has 9 nitrogen and oxygen atoms in total. The third-order valence-electron chi connectivity index (χ3n) is 4.12. The summed E-state index contributed by atoms with van der Waals surface area (Å²) in [4.78, 5) is 15.7. The SMILES string of the molecule is NS(=O)(=O)NCCCCC(NC(=O)O)c1nc2c(ccc3ccccc32)o1. The Morgan fingerprint density at radius 2 is 2.00 bits per heavy atom. The first-order valence-electron chi connectivity index (χ1n) is 8.38. The average molecular weight is 392 g/mol. The number of oxazole rings is 1. The van der Waals surface area contributed by atoms with E-state index in [0.29, 0.717) is 30.4 Å². The minimum Gasteiger partial charge on any atom is -0.465 e. The summed E-state index contributed by atoms with van der Waals surface area (Å²) in [5.41, 5.74) is 1.26. The molecule has 3 aromatic rings. The lowest BCUT2D eigenvalue weighted by Crippen LogP contribution is -2.31. The molecule has 1 heterocycles. The normalized spacial score (nSPS) is 13.1. The van der Waals surface area contributed by atoms with Gasteiger partial charge in [0.25, 0.3) is 10.2 Å². The molecule has 1 atom stereocenters. The van der Waals surface area contributed by atoms with Gasteiger partial charge in [-0.05, 0) is 30.7 Å². The van der Waals surface area contributed by atoms with Gasteiger partial charge in [0.15, 0.2) is 5.58 Å². The number of hydrogen-bond donors (Lipinski definition) is 4. The largest absolute Gasteiger partial charge is 0.465 e. The van der Waals surface area contributed by atoms with Crippen molar-refractivity contribution in [2.45, 2.75) is 25.3 Å². The Morgan fingerprint density at radius 1 is 1.22 bits per heavy atom. The van der Waals surface area contributed by atoms with Crippen LogP contribution >= 0.6 is 0 Å². The molecule has 144 valence electrons. The molecule has 0 radical (unpaired) electrons. The zero-order valence-corrected chi connectivity index (χ0v) is 15.2. The lowest BCUT2D eigenvalue weighted by Gasteiger charge is -2.13. The Bertz CT molecular complexity index is 1060. The highest BCUT2D eigenvalue weighted by atomic mass is 32.2. The van der Waals surface area contributed by atoms with E-state index in [1.54, 1.807) is 0 Å². The van der Waals surface area contributed by atoms with Gasteiger partial charge in [0.05, 0.1) is 0 Å². The van der Waals surface area contributed by atoms with E-state index in [9.17, 15) is 13.2 Å². The van der Waals surface area contributed by atoms with Gasteiger partial charge in [-0.25, -0.2) is 19.6 Å². The number of carbonyl (C=O) groups is 1. The van der Waals surface area contributed by atoms with Gasteiger partial charge in [-0.1, -0.05) is 30.3 Å². The number of benzene rings is 2. The summed E-state index contributed by atoms with van der Waals surface area (Å²) in [6.45, 7) is 0.177. The predicted octanol–water partition coefficient (Wildman–Crippen LogP) is 2.25. The minimum absolute atomic E-state index is 0.177. The maximum Gasteiger partial charge on any atom is 0.405 e. The Kier molecular flexibility index (Phi) is 5.59. The van der Waals surface area contributed by atoms with E-state index in [1.807, 2.05) is 36.4 Å². The van der Waals surface area contributed by atoms with E-state index in [4.69, 9.17) is 14.7 Å². The van der Waals surface area contributed by atoms with Crippen LogP contribution in [-0.4, -0.2) is 31.1 Å². The molecule has 0 saturated carbocycles. The molecule has 0 fully saturated rings. The van der Waals surface area contributed by atoms with Crippen molar-refractivity contribution in [2.75, 3.05) is 6.54 Å². The number of fused-ring (bicyclic) bond motifs is 3. The van der Waals surface area contributed by atoms with Crippen LogP contribution in [0.1, 0.15) is 31.2 Å². The van der Waals surface area contributed by atoms with E-state index >= 15 is 0 Å². The van der Waals surface area contributed by atoms with Crippen LogP contribution in [0.2, 0.25) is 0 Å². The molecule has 1 amide bonds. The van der Waals surface area contributed by atoms with Gasteiger partial charge in [-0.2, -0.15) is 8.42 Å². The van der Waals surface area contributed by atoms with Crippen LogP contribution < -0.4 is 15.2 Å².